The fourth-order valence-corrected chi connectivity index (χ4v) is 2.77. The van der Waals surface area contributed by atoms with E-state index in [4.69, 9.17) is 0 Å². The summed E-state index contributed by atoms with van der Waals surface area (Å²) >= 11 is 0. The molecule has 0 heterocycles. The number of anilines is 1. The van der Waals surface area contributed by atoms with Crippen molar-refractivity contribution in [1.29, 1.82) is 0 Å². The Bertz CT molecular complexity index is 339. The first-order valence-electron chi connectivity index (χ1n) is 7.01. The highest BCUT2D eigenvalue weighted by Gasteiger charge is 2.18. The summed E-state index contributed by atoms with van der Waals surface area (Å²) in [5.41, 5.74) is 2.71. The molecule has 1 aliphatic rings. The quantitative estimate of drug-likeness (QED) is 0.788. The van der Waals surface area contributed by atoms with E-state index in [9.17, 15) is 0 Å². The van der Waals surface area contributed by atoms with Gasteiger partial charge in [-0.1, -0.05) is 45.7 Å². The lowest BCUT2D eigenvalue weighted by atomic mass is 9.87. The van der Waals surface area contributed by atoms with E-state index in [0.29, 0.717) is 12.0 Å². The van der Waals surface area contributed by atoms with Crippen LogP contribution in [0, 0.1) is 5.92 Å². The van der Waals surface area contributed by atoms with Crippen LogP contribution in [0.15, 0.2) is 24.3 Å². The molecule has 0 radical (unpaired) electrons. The van der Waals surface area contributed by atoms with Crippen molar-refractivity contribution in [2.45, 2.75) is 58.4 Å². The lowest BCUT2D eigenvalue weighted by Gasteiger charge is -2.28. The number of rotatable bonds is 3. The second-order valence-corrected chi connectivity index (χ2v) is 5.89. The van der Waals surface area contributed by atoms with Gasteiger partial charge in [-0.15, -0.1) is 0 Å². The SMILES string of the molecule is CC1CCCC(Nc2ccc(C(C)C)cc2)C1. The molecular weight excluding hydrogens is 206 g/mol. The van der Waals surface area contributed by atoms with Crippen LogP contribution in [0.4, 0.5) is 5.69 Å². The van der Waals surface area contributed by atoms with Gasteiger partial charge in [-0.05, 0) is 42.4 Å². The van der Waals surface area contributed by atoms with Crippen molar-refractivity contribution in [3.8, 4) is 0 Å². The van der Waals surface area contributed by atoms with Gasteiger partial charge in [0, 0.05) is 11.7 Å². The van der Waals surface area contributed by atoms with Crippen LogP contribution in [0.25, 0.3) is 0 Å². The van der Waals surface area contributed by atoms with Gasteiger partial charge in [0.1, 0.15) is 0 Å². The van der Waals surface area contributed by atoms with Gasteiger partial charge in [0.05, 0.1) is 0 Å². The van der Waals surface area contributed by atoms with Gasteiger partial charge in [-0.25, -0.2) is 0 Å². The van der Waals surface area contributed by atoms with E-state index in [1.807, 2.05) is 0 Å². The summed E-state index contributed by atoms with van der Waals surface area (Å²) in [5.74, 6) is 1.51. The van der Waals surface area contributed by atoms with Crippen LogP contribution in [0.3, 0.4) is 0 Å². The molecule has 2 unspecified atom stereocenters. The van der Waals surface area contributed by atoms with Gasteiger partial charge in [-0.2, -0.15) is 0 Å². The van der Waals surface area contributed by atoms with Gasteiger partial charge >= 0.3 is 0 Å². The average Bonchev–Trinajstić information content (AvgIpc) is 2.29. The highest BCUT2D eigenvalue weighted by molar-refractivity contribution is 5.46. The third kappa shape index (κ3) is 3.49. The molecule has 0 aliphatic heterocycles. The molecule has 1 saturated carbocycles. The molecule has 1 aromatic rings. The summed E-state index contributed by atoms with van der Waals surface area (Å²) in [5, 5.41) is 3.68. The molecule has 0 bridgehead atoms. The van der Waals surface area contributed by atoms with Crippen molar-refractivity contribution in [3.63, 3.8) is 0 Å². The summed E-state index contributed by atoms with van der Waals surface area (Å²) in [7, 11) is 0. The minimum atomic E-state index is 0.624. The van der Waals surface area contributed by atoms with Crippen LogP contribution >= 0.6 is 0 Å². The molecule has 1 aromatic carbocycles. The third-order valence-corrected chi connectivity index (χ3v) is 3.88. The van der Waals surface area contributed by atoms with Crippen LogP contribution in [0.1, 0.15) is 57.9 Å². The molecule has 0 aromatic heterocycles. The normalized spacial score (nSPS) is 24.9. The van der Waals surface area contributed by atoms with Crippen molar-refractivity contribution < 1.29 is 0 Å². The van der Waals surface area contributed by atoms with Gasteiger partial charge in [0.25, 0.3) is 0 Å². The van der Waals surface area contributed by atoms with Gasteiger partial charge in [0.2, 0.25) is 0 Å². The van der Waals surface area contributed by atoms with E-state index in [1.165, 1.54) is 36.9 Å². The van der Waals surface area contributed by atoms with E-state index in [-0.39, 0.29) is 0 Å². The van der Waals surface area contributed by atoms with Crippen LogP contribution in [0.5, 0.6) is 0 Å². The third-order valence-electron chi connectivity index (χ3n) is 3.88. The second kappa shape index (κ2) is 5.57. The second-order valence-electron chi connectivity index (χ2n) is 5.89. The molecule has 2 rings (SSSR count). The molecule has 17 heavy (non-hydrogen) atoms. The Morgan fingerprint density at radius 1 is 1.12 bits per heavy atom. The molecule has 1 N–H and O–H groups in total. The van der Waals surface area contributed by atoms with Gasteiger partial charge in [0.15, 0.2) is 0 Å². The zero-order valence-electron chi connectivity index (χ0n) is 11.4. The Morgan fingerprint density at radius 2 is 1.82 bits per heavy atom. The summed E-state index contributed by atoms with van der Waals surface area (Å²) < 4.78 is 0. The fourth-order valence-electron chi connectivity index (χ4n) is 2.77. The largest absolute Gasteiger partial charge is 0.382 e. The molecule has 0 amide bonds. The van der Waals surface area contributed by atoms with Crippen LogP contribution < -0.4 is 5.32 Å². The number of hydrogen-bond acceptors (Lipinski definition) is 1. The van der Waals surface area contributed by atoms with Crippen LogP contribution in [0.2, 0.25) is 0 Å². The minimum absolute atomic E-state index is 0.624. The molecule has 1 nitrogen and oxygen atoms in total. The first-order chi connectivity index (χ1) is 8.15. The number of benzene rings is 1. The fraction of sp³-hybridized carbons (Fsp3) is 0.625. The zero-order chi connectivity index (χ0) is 12.3. The molecule has 2 atom stereocenters. The highest BCUT2D eigenvalue weighted by Crippen LogP contribution is 2.26. The Labute approximate surface area is 106 Å². The number of nitrogens with one attached hydrogen (secondary N) is 1. The lowest BCUT2D eigenvalue weighted by molar-refractivity contribution is 0.358. The first-order valence-corrected chi connectivity index (χ1v) is 7.01. The summed E-state index contributed by atoms with van der Waals surface area (Å²) in [6, 6.07) is 9.64. The molecule has 1 heteroatoms. The molecule has 1 aliphatic carbocycles. The standard InChI is InChI=1S/C16H25N/c1-12(2)14-7-9-15(10-8-14)17-16-6-4-5-13(3)11-16/h7-10,12-13,16-17H,4-6,11H2,1-3H3. The van der Waals surface area contributed by atoms with Gasteiger partial charge < -0.3 is 5.32 Å². The van der Waals surface area contributed by atoms with Crippen LogP contribution in [-0.2, 0) is 0 Å². The molecule has 1 fully saturated rings. The Hall–Kier alpha value is -0.980. The van der Waals surface area contributed by atoms with Crippen molar-refractivity contribution in [2.24, 2.45) is 5.92 Å². The predicted octanol–water partition coefficient (Wildman–Crippen LogP) is 4.80. The molecule has 0 saturated heterocycles. The number of hydrogen-bond donors (Lipinski definition) is 1. The smallest absolute Gasteiger partial charge is 0.0342 e. The van der Waals surface area contributed by atoms with Crippen LogP contribution in [-0.4, -0.2) is 6.04 Å². The maximum atomic E-state index is 3.68. The molecule has 0 spiro atoms. The van der Waals surface area contributed by atoms with E-state index in [2.05, 4.69) is 50.4 Å². The molecule has 94 valence electrons. The topological polar surface area (TPSA) is 12.0 Å². The average molecular weight is 231 g/mol. The van der Waals surface area contributed by atoms with Crippen molar-refractivity contribution in [1.82, 2.24) is 0 Å². The zero-order valence-corrected chi connectivity index (χ0v) is 11.4. The lowest BCUT2D eigenvalue weighted by Crippen LogP contribution is -2.26. The van der Waals surface area contributed by atoms with Crippen molar-refractivity contribution in [3.05, 3.63) is 29.8 Å². The summed E-state index contributed by atoms with van der Waals surface area (Å²) in [6.45, 7) is 6.85. The van der Waals surface area contributed by atoms with E-state index in [1.54, 1.807) is 0 Å². The first kappa shape index (κ1) is 12.5. The molecular formula is C16H25N. The predicted molar refractivity (Wildman–Crippen MR) is 75.6 cm³/mol. The Morgan fingerprint density at radius 3 is 2.41 bits per heavy atom. The maximum Gasteiger partial charge on any atom is 0.0342 e. The van der Waals surface area contributed by atoms with Crippen molar-refractivity contribution >= 4 is 5.69 Å². The Kier molecular flexibility index (Phi) is 4.09. The minimum Gasteiger partial charge on any atom is -0.382 e. The summed E-state index contributed by atoms with van der Waals surface area (Å²) in [4.78, 5) is 0. The maximum absolute atomic E-state index is 3.68. The van der Waals surface area contributed by atoms with E-state index < -0.39 is 0 Å². The van der Waals surface area contributed by atoms with E-state index in [0.717, 1.165) is 5.92 Å². The summed E-state index contributed by atoms with van der Waals surface area (Å²) in [6.07, 6.45) is 5.44. The van der Waals surface area contributed by atoms with Gasteiger partial charge in [-0.3, -0.25) is 0 Å². The Balaban J connectivity index is 1.94. The van der Waals surface area contributed by atoms with E-state index >= 15 is 0 Å². The highest BCUT2D eigenvalue weighted by atomic mass is 14.9. The monoisotopic (exact) mass is 231 g/mol. The van der Waals surface area contributed by atoms with Crippen molar-refractivity contribution in [2.75, 3.05) is 5.32 Å².